The van der Waals surface area contributed by atoms with Gasteiger partial charge in [0.2, 0.25) is 5.91 Å². The molecule has 1 N–H and O–H groups in total. The molecule has 1 fully saturated rings. The molecular weight excluding hydrogens is 408 g/mol. The van der Waals surface area contributed by atoms with Crippen LogP contribution < -0.4 is 14.8 Å². The lowest BCUT2D eigenvalue weighted by Gasteiger charge is -2.30. The minimum atomic E-state index is -0.510. The highest BCUT2D eigenvalue weighted by molar-refractivity contribution is 5.86. The van der Waals surface area contributed by atoms with E-state index >= 15 is 0 Å². The second-order valence-corrected chi connectivity index (χ2v) is 8.25. The van der Waals surface area contributed by atoms with E-state index in [1.165, 1.54) is 0 Å². The summed E-state index contributed by atoms with van der Waals surface area (Å²) in [5.41, 5.74) is 3.13. The Kier molecular flexibility index (Phi) is 6.83. The summed E-state index contributed by atoms with van der Waals surface area (Å²) in [4.78, 5) is 27.4. The molecule has 2 amide bonds. The van der Waals surface area contributed by atoms with Crippen LogP contribution in [0.3, 0.4) is 0 Å². The van der Waals surface area contributed by atoms with Gasteiger partial charge in [0.05, 0.1) is 20.3 Å². The van der Waals surface area contributed by atoms with E-state index in [1.807, 2.05) is 42.5 Å². The lowest BCUT2D eigenvalue weighted by molar-refractivity contribution is -0.126. The molecule has 1 aliphatic heterocycles. The molecule has 170 valence electrons. The second kappa shape index (κ2) is 9.94. The lowest BCUT2D eigenvalue weighted by Crippen LogP contribution is -2.47. The quantitative estimate of drug-likeness (QED) is 0.738. The van der Waals surface area contributed by atoms with E-state index < -0.39 is 12.1 Å². The molecule has 1 aliphatic carbocycles. The van der Waals surface area contributed by atoms with E-state index in [-0.39, 0.29) is 18.6 Å². The number of hydrogen-bond donors (Lipinski definition) is 1. The van der Waals surface area contributed by atoms with Gasteiger partial charge in [-0.1, -0.05) is 30.3 Å². The number of carbonyl (C=O) groups excluding carboxylic acids is 2. The number of nitrogens with zero attached hydrogens (tertiary/aromatic N) is 1. The van der Waals surface area contributed by atoms with Crippen molar-refractivity contribution in [2.24, 2.45) is 0 Å². The van der Waals surface area contributed by atoms with E-state index in [1.54, 1.807) is 19.1 Å². The van der Waals surface area contributed by atoms with Gasteiger partial charge in [0.1, 0.15) is 12.6 Å². The Morgan fingerprint density at radius 3 is 2.53 bits per heavy atom. The smallest absolute Gasteiger partial charge is 0.410 e. The fourth-order valence-electron chi connectivity index (χ4n) is 4.61. The minimum absolute atomic E-state index is 0.117. The number of fused-ring (bicyclic) bond motifs is 1. The number of ether oxygens (including phenoxy) is 3. The minimum Gasteiger partial charge on any atom is -0.493 e. The zero-order chi connectivity index (χ0) is 22.5. The number of hydrogen-bond acceptors (Lipinski definition) is 5. The molecule has 1 unspecified atom stereocenters. The van der Waals surface area contributed by atoms with Gasteiger partial charge in [-0.15, -0.1) is 0 Å². The number of nitrogens with one attached hydrogen (secondary N) is 1. The molecule has 1 heterocycles. The van der Waals surface area contributed by atoms with Crippen LogP contribution >= 0.6 is 0 Å². The monoisotopic (exact) mass is 438 g/mol. The maximum absolute atomic E-state index is 13.2. The average Bonchev–Trinajstić information content (AvgIpc) is 3.33. The third kappa shape index (κ3) is 4.66. The van der Waals surface area contributed by atoms with E-state index in [2.05, 4.69) is 5.32 Å². The summed E-state index contributed by atoms with van der Waals surface area (Å²) in [6.07, 6.45) is 3.73. The molecule has 2 atom stereocenters. The summed E-state index contributed by atoms with van der Waals surface area (Å²) in [6.45, 7) is 0.722. The van der Waals surface area contributed by atoms with Gasteiger partial charge in [-0.3, -0.25) is 9.69 Å². The van der Waals surface area contributed by atoms with Crippen LogP contribution in [0.15, 0.2) is 42.5 Å². The highest BCUT2D eigenvalue weighted by Crippen LogP contribution is 2.38. The van der Waals surface area contributed by atoms with Crippen LogP contribution in [-0.2, 0) is 22.6 Å². The van der Waals surface area contributed by atoms with Crippen LogP contribution in [0.5, 0.6) is 11.5 Å². The molecule has 0 spiro atoms. The van der Waals surface area contributed by atoms with Crippen molar-refractivity contribution in [3.05, 3.63) is 59.2 Å². The van der Waals surface area contributed by atoms with Gasteiger partial charge >= 0.3 is 6.09 Å². The molecule has 7 heteroatoms. The summed E-state index contributed by atoms with van der Waals surface area (Å²) in [7, 11) is 3.23. The molecule has 2 aliphatic rings. The molecule has 1 saturated heterocycles. The van der Waals surface area contributed by atoms with Gasteiger partial charge < -0.3 is 19.5 Å². The summed E-state index contributed by atoms with van der Waals surface area (Å²) >= 11 is 0. The Labute approximate surface area is 188 Å². The second-order valence-electron chi connectivity index (χ2n) is 8.25. The first-order chi connectivity index (χ1) is 15.6. The molecule has 0 aromatic heterocycles. The van der Waals surface area contributed by atoms with Crippen LogP contribution in [-0.4, -0.2) is 43.7 Å². The van der Waals surface area contributed by atoms with Crippen molar-refractivity contribution in [3.63, 3.8) is 0 Å². The average molecular weight is 439 g/mol. The number of likely N-dealkylation sites (tertiary alicyclic amines) is 1. The van der Waals surface area contributed by atoms with E-state index in [9.17, 15) is 9.59 Å². The van der Waals surface area contributed by atoms with Gasteiger partial charge in [-0.2, -0.15) is 0 Å². The van der Waals surface area contributed by atoms with Crippen molar-refractivity contribution in [1.82, 2.24) is 10.2 Å². The number of carbonyl (C=O) groups is 2. The number of aryl methyl sites for hydroxylation is 1. The Hall–Kier alpha value is -3.22. The Morgan fingerprint density at radius 1 is 1.03 bits per heavy atom. The zero-order valence-corrected chi connectivity index (χ0v) is 18.6. The van der Waals surface area contributed by atoms with Gasteiger partial charge in [0.25, 0.3) is 0 Å². The number of methoxy groups -OCH3 is 2. The first-order valence-electron chi connectivity index (χ1n) is 11.1. The van der Waals surface area contributed by atoms with Crippen molar-refractivity contribution < 1.29 is 23.8 Å². The summed E-state index contributed by atoms with van der Waals surface area (Å²) in [6, 6.07) is 12.9. The van der Waals surface area contributed by atoms with Crippen molar-refractivity contribution in [2.75, 3.05) is 20.8 Å². The normalized spacial score (nSPS) is 19.8. The maximum atomic E-state index is 13.2. The molecule has 4 rings (SSSR count). The molecule has 7 nitrogen and oxygen atoms in total. The highest BCUT2D eigenvalue weighted by Gasteiger charge is 2.36. The summed E-state index contributed by atoms with van der Waals surface area (Å²) in [5.74, 6) is 1.22. The topological polar surface area (TPSA) is 77.1 Å². The van der Waals surface area contributed by atoms with Gasteiger partial charge in [-0.25, -0.2) is 4.79 Å². The van der Waals surface area contributed by atoms with Gasteiger partial charge in [0, 0.05) is 6.54 Å². The molecule has 0 bridgehead atoms. The van der Waals surface area contributed by atoms with Gasteiger partial charge in [-0.05, 0) is 60.9 Å². The zero-order valence-electron chi connectivity index (χ0n) is 18.6. The van der Waals surface area contributed by atoms with Crippen LogP contribution in [0.4, 0.5) is 4.79 Å². The van der Waals surface area contributed by atoms with Crippen molar-refractivity contribution in [2.45, 2.75) is 50.8 Å². The Morgan fingerprint density at radius 2 is 1.78 bits per heavy atom. The summed E-state index contributed by atoms with van der Waals surface area (Å²) < 4.78 is 16.4. The standard InChI is InChI=1S/C25H30N2O5/c1-30-22-14-18-10-6-11-20(19(18)15-23(22)31-2)26-24(28)21-12-7-13-27(21)25(29)32-16-17-8-4-3-5-9-17/h3-5,8-9,14-15,20-21H,6-7,10-13,16H2,1-2H3,(H,26,28)/t20?,21-/m0/s1. The van der Waals surface area contributed by atoms with E-state index in [0.717, 1.165) is 42.4 Å². The van der Waals surface area contributed by atoms with E-state index in [4.69, 9.17) is 14.2 Å². The molecule has 2 aromatic rings. The SMILES string of the molecule is COc1cc2c(cc1OC)C(NC(=O)[C@@H]1CCCN1C(=O)OCc1ccccc1)CCC2. The highest BCUT2D eigenvalue weighted by atomic mass is 16.6. The molecule has 32 heavy (non-hydrogen) atoms. The largest absolute Gasteiger partial charge is 0.493 e. The van der Waals surface area contributed by atoms with Crippen molar-refractivity contribution in [1.29, 1.82) is 0 Å². The van der Waals surface area contributed by atoms with Crippen LogP contribution in [0.2, 0.25) is 0 Å². The Balaban J connectivity index is 1.43. The lowest BCUT2D eigenvalue weighted by atomic mass is 9.87. The molecular formula is C25H30N2O5. The molecule has 0 saturated carbocycles. The predicted molar refractivity (Wildman–Crippen MR) is 120 cm³/mol. The number of rotatable bonds is 6. The van der Waals surface area contributed by atoms with Crippen molar-refractivity contribution in [3.8, 4) is 11.5 Å². The first-order valence-corrected chi connectivity index (χ1v) is 11.1. The molecule has 0 radical (unpaired) electrons. The van der Waals surface area contributed by atoms with Gasteiger partial charge in [0.15, 0.2) is 11.5 Å². The van der Waals surface area contributed by atoms with Crippen molar-refractivity contribution >= 4 is 12.0 Å². The number of benzene rings is 2. The maximum Gasteiger partial charge on any atom is 0.410 e. The van der Waals surface area contributed by atoms with Crippen LogP contribution in [0.1, 0.15) is 48.4 Å². The first kappa shape index (κ1) is 22.0. The summed E-state index contributed by atoms with van der Waals surface area (Å²) in [5, 5.41) is 3.18. The third-order valence-corrected chi connectivity index (χ3v) is 6.27. The van der Waals surface area contributed by atoms with Crippen LogP contribution in [0, 0.1) is 0 Å². The molecule has 2 aromatic carbocycles. The Bertz CT molecular complexity index is 962. The number of amides is 2. The predicted octanol–water partition coefficient (Wildman–Crippen LogP) is 4.00. The van der Waals surface area contributed by atoms with Crippen LogP contribution in [0.25, 0.3) is 0 Å². The fourth-order valence-corrected chi connectivity index (χ4v) is 4.61. The van der Waals surface area contributed by atoms with E-state index in [0.29, 0.717) is 24.5 Å². The third-order valence-electron chi connectivity index (χ3n) is 6.27. The fraction of sp³-hybridized carbons (Fsp3) is 0.440.